The molecule has 1 aromatic rings. The zero-order chi connectivity index (χ0) is 10.1. The number of ether oxygens (including phenoxy) is 2. The van der Waals surface area contributed by atoms with Crippen LogP contribution in [0.4, 0.5) is 0 Å². The number of Topliss-reactive ketones (excluding diaryl/α,β-unsaturated/α-hetero) is 1. The molecular formula is C9H8BrNO3. The van der Waals surface area contributed by atoms with E-state index in [2.05, 4.69) is 15.9 Å². The zero-order valence-corrected chi connectivity index (χ0v) is 8.83. The summed E-state index contributed by atoms with van der Waals surface area (Å²) in [5, 5.41) is 0. The summed E-state index contributed by atoms with van der Waals surface area (Å²) < 4.78 is 11.0. The lowest BCUT2D eigenvalue weighted by atomic mass is 10.1. The third-order valence-electron chi connectivity index (χ3n) is 1.96. The molecule has 4 nitrogen and oxygen atoms in total. The van der Waals surface area contributed by atoms with E-state index in [9.17, 15) is 4.79 Å². The highest BCUT2D eigenvalue weighted by Gasteiger charge is 2.21. The molecule has 0 aromatic heterocycles. The van der Waals surface area contributed by atoms with E-state index >= 15 is 0 Å². The molecule has 0 amide bonds. The minimum absolute atomic E-state index is 0.0156. The van der Waals surface area contributed by atoms with Crippen LogP contribution in [-0.2, 0) is 0 Å². The highest BCUT2D eigenvalue weighted by molar-refractivity contribution is 9.10. The van der Waals surface area contributed by atoms with Gasteiger partial charge in [-0.3, -0.25) is 4.79 Å². The SMILES string of the molecule is NCC(=O)c1ccc2c(c1Br)OCO2. The predicted molar refractivity (Wildman–Crippen MR) is 53.6 cm³/mol. The van der Waals surface area contributed by atoms with Crippen molar-refractivity contribution in [3.63, 3.8) is 0 Å². The summed E-state index contributed by atoms with van der Waals surface area (Å²) in [7, 11) is 0. The number of carbonyl (C=O) groups is 1. The van der Waals surface area contributed by atoms with Gasteiger partial charge in [0.05, 0.1) is 11.0 Å². The molecule has 74 valence electrons. The van der Waals surface area contributed by atoms with Crippen LogP contribution >= 0.6 is 15.9 Å². The monoisotopic (exact) mass is 257 g/mol. The molecular weight excluding hydrogens is 250 g/mol. The van der Waals surface area contributed by atoms with Crippen LogP contribution in [0.2, 0.25) is 0 Å². The fourth-order valence-corrected chi connectivity index (χ4v) is 1.93. The Balaban J connectivity index is 2.50. The second-order valence-electron chi connectivity index (χ2n) is 2.79. The standard InChI is InChI=1S/C9H8BrNO3/c10-8-5(6(12)3-11)1-2-7-9(8)14-4-13-7/h1-2H,3-4,11H2. The third kappa shape index (κ3) is 1.38. The first-order chi connectivity index (χ1) is 6.74. The highest BCUT2D eigenvalue weighted by Crippen LogP contribution is 2.40. The minimum atomic E-state index is -0.129. The lowest BCUT2D eigenvalue weighted by Crippen LogP contribution is -2.14. The summed E-state index contributed by atoms with van der Waals surface area (Å²) in [5.41, 5.74) is 5.80. The van der Waals surface area contributed by atoms with Crippen LogP contribution in [0.3, 0.4) is 0 Å². The largest absolute Gasteiger partial charge is 0.454 e. The Morgan fingerprint density at radius 1 is 1.50 bits per heavy atom. The topological polar surface area (TPSA) is 61.6 Å². The van der Waals surface area contributed by atoms with Crippen LogP contribution in [0.5, 0.6) is 11.5 Å². The summed E-state index contributed by atoms with van der Waals surface area (Å²) in [6.07, 6.45) is 0. The smallest absolute Gasteiger partial charge is 0.231 e. The van der Waals surface area contributed by atoms with Gasteiger partial charge in [-0.2, -0.15) is 0 Å². The van der Waals surface area contributed by atoms with Crippen molar-refractivity contribution in [2.24, 2.45) is 5.73 Å². The van der Waals surface area contributed by atoms with E-state index in [0.29, 0.717) is 21.5 Å². The molecule has 1 aliphatic rings. The molecule has 1 aliphatic heterocycles. The number of carbonyl (C=O) groups excluding carboxylic acids is 1. The average molecular weight is 258 g/mol. The van der Waals surface area contributed by atoms with Gasteiger partial charge in [0.25, 0.3) is 0 Å². The van der Waals surface area contributed by atoms with E-state index in [4.69, 9.17) is 15.2 Å². The number of fused-ring (bicyclic) bond motifs is 1. The van der Waals surface area contributed by atoms with Crippen LogP contribution in [0.25, 0.3) is 0 Å². The van der Waals surface area contributed by atoms with Gasteiger partial charge >= 0.3 is 0 Å². The molecule has 2 rings (SSSR count). The maximum absolute atomic E-state index is 11.4. The highest BCUT2D eigenvalue weighted by atomic mass is 79.9. The zero-order valence-electron chi connectivity index (χ0n) is 7.25. The molecule has 0 atom stereocenters. The van der Waals surface area contributed by atoms with Gasteiger partial charge in [0, 0.05) is 5.56 Å². The fourth-order valence-electron chi connectivity index (χ4n) is 1.26. The van der Waals surface area contributed by atoms with Gasteiger partial charge in [-0.05, 0) is 28.1 Å². The number of nitrogens with two attached hydrogens (primary N) is 1. The fraction of sp³-hybridized carbons (Fsp3) is 0.222. The summed E-state index contributed by atoms with van der Waals surface area (Å²) in [6.45, 7) is 0.173. The Morgan fingerprint density at radius 2 is 2.29 bits per heavy atom. The first kappa shape index (κ1) is 9.48. The van der Waals surface area contributed by atoms with E-state index in [0.717, 1.165) is 0 Å². The Bertz CT molecular complexity index is 392. The van der Waals surface area contributed by atoms with Gasteiger partial charge in [0.2, 0.25) is 6.79 Å². The summed E-state index contributed by atoms with van der Waals surface area (Å²) in [6, 6.07) is 3.38. The van der Waals surface area contributed by atoms with Crippen molar-refractivity contribution in [1.29, 1.82) is 0 Å². The van der Waals surface area contributed by atoms with E-state index in [1.807, 2.05) is 0 Å². The summed E-state index contributed by atoms with van der Waals surface area (Å²) in [4.78, 5) is 11.4. The Kier molecular flexibility index (Phi) is 2.43. The second-order valence-corrected chi connectivity index (χ2v) is 3.58. The quantitative estimate of drug-likeness (QED) is 0.812. The number of halogens is 1. The molecule has 0 radical (unpaired) electrons. The van der Waals surface area contributed by atoms with Crippen molar-refractivity contribution >= 4 is 21.7 Å². The number of ketones is 1. The van der Waals surface area contributed by atoms with Crippen LogP contribution in [0.15, 0.2) is 16.6 Å². The van der Waals surface area contributed by atoms with E-state index in [1.165, 1.54) is 0 Å². The Hall–Kier alpha value is -1.07. The van der Waals surface area contributed by atoms with Crippen molar-refractivity contribution < 1.29 is 14.3 Å². The minimum Gasteiger partial charge on any atom is -0.454 e. The molecule has 14 heavy (non-hydrogen) atoms. The first-order valence-corrected chi connectivity index (χ1v) is 4.84. The Labute approximate surface area is 89.1 Å². The molecule has 0 saturated heterocycles. The van der Waals surface area contributed by atoms with E-state index in [1.54, 1.807) is 12.1 Å². The van der Waals surface area contributed by atoms with Gasteiger partial charge in [0.1, 0.15) is 0 Å². The van der Waals surface area contributed by atoms with Crippen molar-refractivity contribution in [3.8, 4) is 11.5 Å². The van der Waals surface area contributed by atoms with Gasteiger partial charge in [-0.25, -0.2) is 0 Å². The average Bonchev–Trinajstić information content (AvgIpc) is 2.66. The van der Waals surface area contributed by atoms with Crippen molar-refractivity contribution in [2.45, 2.75) is 0 Å². The van der Waals surface area contributed by atoms with Gasteiger partial charge in [-0.1, -0.05) is 0 Å². The lowest BCUT2D eigenvalue weighted by Gasteiger charge is -2.04. The maximum atomic E-state index is 11.4. The molecule has 0 spiro atoms. The molecule has 0 unspecified atom stereocenters. The summed E-state index contributed by atoms with van der Waals surface area (Å²) in [5.74, 6) is 1.09. The first-order valence-electron chi connectivity index (χ1n) is 4.05. The van der Waals surface area contributed by atoms with Crippen LogP contribution in [0, 0.1) is 0 Å². The molecule has 0 bridgehead atoms. The molecule has 0 fully saturated rings. The second kappa shape index (κ2) is 3.59. The van der Waals surface area contributed by atoms with E-state index < -0.39 is 0 Å². The van der Waals surface area contributed by atoms with E-state index in [-0.39, 0.29) is 19.1 Å². The lowest BCUT2D eigenvalue weighted by molar-refractivity contribution is 0.1000. The van der Waals surface area contributed by atoms with Crippen LogP contribution in [-0.4, -0.2) is 19.1 Å². The number of benzene rings is 1. The van der Waals surface area contributed by atoms with Crippen LogP contribution < -0.4 is 15.2 Å². The molecule has 0 saturated carbocycles. The normalized spacial score (nSPS) is 13.0. The Morgan fingerprint density at radius 3 is 3.00 bits per heavy atom. The number of rotatable bonds is 2. The van der Waals surface area contributed by atoms with Gasteiger partial charge in [-0.15, -0.1) is 0 Å². The molecule has 0 aliphatic carbocycles. The van der Waals surface area contributed by atoms with Crippen molar-refractivity contribution in [1.82, 2.24) is 0 Å². The van der Waals surface area contributed by atoms with Crippen molar-refractivity contribution in [2.75, 3.05) is 13.3 Å². The molecule has 1 aromatic carbocycles. The number of hydrogen-bond acceptors (Lipinski definition) is 4. The third-order valence-corrected chi connectivity index (χ3v) is 2.75. The molecule has 1 heterocycles. The summed E-state index contributed by atoms with van der Waals surface area (Å²) >= 11 is 3.29. The van der Waals surface area contributed by atoms with Gasteiger partial charge < -0.3 is 15.2 Å². The molecule has 2 N–H and O–H groups in total. The predicted octanol–water partition coefficient (Wildman–Crippen LogP) is 1.32. The van der Waals surface area contributed by atoms with Gasteiger partial charge in [0.15, 0.2) is 17.3 Å². The van der Waals surface area contributed by atoms with Crippen LogP contribution in [0.1, 0.15) is 10.4 Å². The van der Waals surface area contributed by atoms with Crippen molar-refractivity contribution in [3.05, 3.63) is 22.2 Å². The maximum Gasteiger partial charge on any atom is 0.231 e. The number of hydrogen-bond donors (Lipinski definition) is 1. The molecule has 5 heteroatoms.